The molecule has 4 aromatic heterocycles. The summed E-state index contributed by atoms with van der Waals surface area (Å²) in [4.78, 5) is 7.19. The molecule has 6 aromatic carbocycles. The van der Waals surface area contributed by atoms with Crippen LogP contribution in [0.2, 0.25) is 0 Å². The van der Waals surface area contributed by atoms with Gasteiger partial charge in [0.25, 0.3) is 0 Å². The van der Waals surface area contributed by atoms with E-state index in [1.54, 1.807) is 0 Å². The molecule has 42 heavy (non-hydrogen) atoms. The average Bonchev–Trinajstić information content (AvgIpc) is 3.78. The van der Waals surface area contributed by atoms with E-state index in [2.05, 4.69) is 131 Å². The Bertz CT molecular complexity index is 2510. The number of hydrogen-bond acceptors (Lipinski definition) is 2. The number of fused-ring (bicyclic) bond motifs is 11. The first-order valence-electron chi connectivity index (χ1n) is 14.2. The third kappa shape index (κ3) is 3.19. The van der Waals surface area contributed by atoms with Crippen molar-refractivity contribution in [3.8, 4) is 22.3 Å². The molecular weight excluding hydrogens is 549 g/mol. The number of aromatic nitrogens is 2. The zero-order valence-electron chi connectivity index (χ0n) is 22.4. The van der Waals surface area contributed by atoms with E-state index in [1.807, 2.05) is 22.7 Å². The van der Waals surface area contributed by atoms with Crippen LogP contribution >= 0.6 is 22.7 Å². The van der Waals surface area contributed by atoms with Crippen LogP contribution in [0, 0.1) is 0 Å². The minimum Gasteiger partial charge on any atom is -0.354 e. The second-order valence-electron chi connectivity index (χ2n) is 11.1. The quantitative estimate of drug-likeness (QED) is 0.207. The van der Waals surface area contributed by atoms with E-state index >= 15 is 0 Å². The topological polar surface area (TPSA) is 31.6 Å². The number of hydrogen-bond donors (Lipinski definition) is 2. The second kappa shape index (κ2) is 8.32. The van der Waals surface area contributed by atoms with Gasteiger partial charge in [-0.05, 0) is 58.7 Å². The highest BCUT2D eigenvalue weighted by molar-refractivity contribution is 7.36. The summed E-state index contributed by atoms with van der Waals surface area (Å²) in [6.07, 6.45) is 0. The van der Waals surface area contributed by atoms with E-state index in [4.69, 9.17) is 0 Å². The molecule has 10 rings (SSSR count). The van der Waals surface area contributed by atoms with Gasteiger partial charge in [-0.15, -0.1) is 22.7 Å². The smallest absolute Gasteiger partial charge is 0.0542 e. The molecule has 0 saturated heterocycles. The van der Waals surface area contributed by atoms with Crippen LogP contribution in [0.4, 0.5) is 0 Å². The van der Waals surface area contributed by atoms with Gasteiger partial charge in [0.05, 0.1) is 9.40 Å². The van der Waals surface area contributed by atoms with E-state index in [1.165, 1.54) is 95.4 Å². The monoisotopic (exact) mass is 570 g/mol. The Kier molecular flexibility index (Phi) is 4.51. The van der Waals surface area contributed by atoms with Gasteiger partial charge in [-0.25, -0.2) is 0 Å². The summed E-state index contributed by atoms with van der Waals surface area (Å²) in [6, 6.07) is 44.6. The fourth-order valence-corrected chi connectivity index (χ4v) is 9.42. The van der Waals surface area contributed by atoms with Crippen molar-refractivity contribution in [1.82, 2.24) is 9.97 Å². The molecule has 0 unspecified atom stereocenters. The first-order chi connectivity index (χ1) is 20.8. The number of benzene rings is 6. The molecule has 0 aliphatic carbocycles. The molecule has 0 amide bonds. The van der Waals surface area contributed by atoms with Crippen LogP contribution in [0.5, 0.6) is 0 Å². The average molecular weight is 571 g/mol. The normalized spacial score (nSPS) is 12.3. The van der Waals surface area contributed by atoms with Gasteiger partial charge in [-0.2, -0.15) is 0 Å². The Labute approximate surface area is 248 Å². The van der Waals surface area contributed by atoms with Crippen LogP contribution in [-0.2, 0) is 0 Å². The molecule has 196 valence electrons. The second-order valence-corrected chi connectivity index (χ2v) is 13.3. The Balaban J connectivity index is 1.06. The first kappa shape index (κ1) is 22.8. The van der Waals surface area contributed by atoms with E-state index in [9.17, 15) is 0 Å². The van der Waals surface area contributed by atoms with Gasteiger partial charge in [-0.3, -0.25) is 0 Å². The highest BCUT2D eigenvalue weighted by Crippen LogP contribution is 2.46. The van der Waals surface area contributed by atoms with Crippen LogP contribution in [0.1, 0.15) is 0 Å². The van der Waals surface area contributed by atoms with Crippen LogP contribution in [0.15, 0.2) is 121 Å². The lowest BCUT2D eigenvalue weighted by atomic mass is 10.0. The molecule has 0 aliphatic heterocycles. The number of para-hydroxylation sites is 2. The minimum absolute atomic E-state index is 1.19. The van der Waals surface area contributed by atoms with Crippen LogP contribution in [0.25, 0.3) is 95.4 Å². The van der Waals surface area contributed by atoms with Gasteiger partial charge in [-0.1, -0.05) is 84.9 Å². The van der Waals surface area contributed by atoms with Crippen molar-refractivity contribution in [3.05, 3.63) is 121 Å². The largest absolute Gasteiger partial charge is 0.354 e. The Morgan fingerprint density at radius 1 is 0.333 bits per heavy atom. The SMILES string of the molecule is c1ccc2c(c1)[nH]c1cc(-c3ccc4c(c3)sc3c5ccc(-c6ccc7c(c6)[nH]c6ccccc67)cc5sc43)ccc12. The molecule has 4 heteroatoms. The molecule has 0 fully saturated rings. The highest BCUT2D eigenvalue weighted by Gasteiger charge is 2.15. The third-order valence-corrected chi connectivity index (χ3v) is 11.3. The molecule has 0 atom stereocenters. The fourth-order valence-electron chi connectivity index (χ4n) is 6.68. The van der Waals surface area contributed by atoms with E-state index in [0.29, 0.717) is 0 Å². The van der Waals surface area contributed by atoms with Crippen molar-refractivity contribution in [2.45, 2.75) is 0 Å². The lowest BCUT2D eigenvalue weighted by Gasteiger charge is -2.03. The predicted molar refractivity (Wildman–Crippen MR) is 184 cm³/mol. The summed E-state index contributed by atoms with van der Waals surface area (Å²) in [5.74, 6) is 0. The maximum absolute atomic E-state index is 3.60. The molecule has 0 saturated carbocycles. The predicted octanol–water partition coefficient (Wildman–Crippen LogP) is 11.9. The summed E-state index contributed by atoms with van der Waals surface area (Å²) in [6.45, 7) is 0. The molecular formula is C38H22N2S2. The molecule has 0 bridgehead atoms. The van der Waals surface area contributed by atoms with E-state index in [-0.39, 0.29) is 0 Å². The summed E-state index contributed by atoms with van der Waals surface area (Å²) in [5.41, 5.74) is 9.76. The number of thiophene rings is 2. The van der Waals surface area contributed by atoms with Gasteiger partial charge in [0.15, 0.2) is 0 Å². The Hall–Kier alpha value is -4.90. The minimum atomic E-state index is 1.19. The number of rotatable bonds is 2. The number of nitrogens with one attached hydrogen (secondary N) is 2. The molecule has 2 nitrogen and oxygen atoms in total. The standard InChI is InChI=1S/C38H22N2S2/c1-3-7-31-25(5-1)27-13-9-21(17-33(27)39-31)23-11-15-29-35(19-23)41-38-30-16-12-24(20-36(30)42-37(29)38)22-10-14-28-26-6-2-4-8-32(26)40-34(28)18-22/h1-20,39-40H. The number of H-pyrrole nitrogens is 2. The van der Waals surface area contributed by atoms with Crippen LogP contribution < -0.4 is 0 Å². The summed E-state index contributed by atoms with van der Waals surface area (Å²) in [5, 5.41) is 7.82. The zero-order valence-corrected chi connectivity index (χ0v) is 24.0. The third-order valence-electron chi connectivity index (χ3n) is 8.76. The number of aromatic amines is 2. The van der Waals surface area contributed by atoms with E-state index < -0.39 is 0 Å². The summed E-state index contributed by atoms with van der Waals surface area (Å²) in [7, 11) is 0. The van der Waals surface area contributed by atoms with Crippen molar-refractivity contribution < 1.29 is 0 Å². The van der Waals surface area contributed by atoms with Crippen molar-refractivity contribution in [1.29, 1.82) is 0 Å². The fraction of sp³-hybridized carbons (Fsp3) is 0. The van der Waals surface area contributed by atoms with E-state index in [0.717, 1.165) is 0 Å². The van der Waals surface area contributed by atoms with Gasteiger partial charge >= 0.3 is 0 Å². The zero-order chi connectivity index (χ0) is 27.4. The highest BCUT2D eigenvalue weighted by atomic mass is 32.1. The molecule has 0 aliphatic rings. The molecule has 4 heterocycles. The molecule has 10 aromatic rings. The maximum Gasteiger partial charge on any atom is 0.0542 e. The van der Waals surface area contributed by atoms with Gasteiger partial charge in [0, 0.05) is 63.8 Å². The summed E-state index contributed by atoms with van der Waals surface area (Å²) >= 11 is 3.84. The molecule has 0 spiro atoms. The van der Waals surface area contributed by atoms with Crippen molar-refractivity contribution in [2.75, 3.05) is 0 Å². The first-order valence-corrected chi connectivity index (χ1v) is 15.8. The summed E-state index contributed by atoms with van der Waals surface area (Å²) < 4.78 is 5.48. The Morgan fingerprint density at radius 3 is 1.19 bits per heavy atom. The van der Waals surface area contributed by atoms with Crippen molar-refractivity contribution >= 4 is 95.9 Å². The van der Waals surface area contributed by atoms with Crippen molar-refractivity contribution in [3.63, 3.8) is 0 Å². The lowest BCUT2D eigenvalue weighted by molar-refractivity contribution is 1.54. The van der Waals surface area contributed by atoms with Gasteiger partial charge in [0.1, 0.15) is 0 Å². The Morgan fingerprint density at radius 2 is 0.714 bits per heavy atom. The van der Waals surface area contributed by atoms with Crippen LogP contribution in [-0.4, -0.2) is 9.97 Å². The van der Waals surface area contributed by atoms with Crippen LogP contribution in [0.3, 0.4) is 0 Å². The lowest BCUT2D eigenvalue weighted by Crippen LogP contribution is -1.78. The van der Waals surface area contributed by atoms with Gasteiger partial charge in [0.2, 0.25) is 0 Å². The maximum atomic E-state index is 3.60. The molecule has 2 N–H and O–H groups in total. The van der Waals surface area contributed by atoms with Gasteiger partial charge < -0.3 is 9.97 Å². The van der Waals surface area contributed by atoms with Crippen molar-refractivity contribution in [2.24, 2.45) is 0 Å². The molecule has 0 radical (unpaired) electrons.